The Hall–Kier alpha value is -2.03. The molecule has 0 saturated carbocycles. The number of carbonyl (C=O) groups excluding carboxylic acids is 2. The van der Waals surface area contributed by atoms with Gasteiger partial charge in [-0.2, -0.15) is 5.26 Å². The van der Waals surface area contributed by atoms with Crippen LogP contribution in [0.4, 0.5) is 4.79 Å². The lowest BCUT2D eigenvalue weighted by Gasteiger charge is -2.18. The van der Waals surface area contributed by atoms with Crippen LogP contribution in [-0.4, -0.2) is 30.9 Å². The second kappa shape index (κ2) is 7.41. The van der Waals surface area contributed by atoms with Crippen molar-refractivity contribution in [3.8, 4) is 6.07 Å². The molecule has 0 atom stereocenters. The van der Waals surface area contributed by atoms with E-state index in [1.54, 1.807) is 33.8 Å². The molecular weight excluding hydrogens is 250 g/mol. The van der Waals surface area contributed by atoms with E-state index in [9.17, 15) is 9.59 Å². The summed E-state index contributed by atoms with van der Waals surface area (Å²) in [7, 11) is 0. The van der Waals surface area contributed by atoms with Gasteiger partial charge in [-0.15, -0.1) is 0 Å². The molecule has 0 saturated heterocycles. The number of hydrogen-bond donors (Lipinski definition) is 0. The highest BCUT2D eigenvalue weighted by atomic mass is 16.7. The summed E-state index contributed by atoms with van der Waals surface area (Å²) in [5.74, 6) is -0.727. The molecule has 0 aromatic carbocycles. The van der Waals surface area contributed by atoms with E-state index >= 15 is 0 Å². The Balaban J connectivity index is 4.58. The molecule has 0 N–H and O–H groups in total. The van der Waals surface area contributed by atoms with Crippen molar-refractivity contribution in [2.24, 2.45) is 0 Å². The monoisotopic (exact) mass is 269 g/mol. The summed E-state index contributed by atoms with van der Waals surface area (Å²) in [5, 5.41) is 8.86. The minimum absolute atomic E-state index is 0.162. The third-order valence-electron chi connectivity index (χ3n) is 1.81. The Labute approximate surface area is 112 Å². The Bertz CT molecular complexity index is 412. The zero-order valence-corrected chi connectivity index (χ0v) is 11.9. The fourth-order valence-electron chi connectivity index (χ4n) is 1.04. The summed E-state index contributed by atoms with van der Waals surface area (Å²) in [6, 6.07) is 1.73. The Morgan fingerprint density at radius 1 is 1.21 bits per heavy atom. The third-order valence-corrected chi connectivity index (χ3v) is 1.81. The summed E-state index contributed by atoms with van der Waals surface area (Å²) in [6.45, 7) is 8.24. The molecule has 6 nitrogen and oxygen atoms in total. The maximum Gasteiger partial charge on any atom is 0.509 e. The first kappa shape index (κ1) is 17.0. The number of carbonyl (C=O) groups is 2. The molecule has 0 bridgehead atoms. The van der Waals surface area contributed by atoms with Crippen molar-refractivity contribution < 1.29 is 23.8 Å². The molecule has 0 spiro atoms. The molecule has 0 aliphatic heterocycles. The average Bonchev–Trinajstić information content (AvgIpc) is 2.25. The molecule has 0 unspecified atom stereocenters. The van der Waals surface area contributed by atoms with Crippen molar-refractivity contribution in [1.82, 2.24) is 0 Å². The van der Waals surface area contributed by atoms with Crippen molar-refractivity contribution >= 4 is 12.1 Å². The lowest BCUT2D eigenvalue weighted by molar-refractivity contribution is -0.138. The van der Waals surface area contributed by atoms with Crippen LogP contribution in [0.5, 0.6) is 0 Å². The van der Waals surface area contributed by atoms with Crippen LogP contribution >= 0.6 is 0 Å². The summed E-state index contributed by atoms with van der Waals surface area (Å²) in [5.41, 5.74) is -0.509. The van der Waals surface area contributed by atoms with Gasteiger partial charge in [-0.25, -0.2) is 9.59 Å². The molecule has 6 heteroatoms. The number of esters is 1. The van der Waals surface area contributed by atoms with E-state index in [1.807, 2.05) is 0 Å². The zero-order chi connectivity index (χ0) is 15.1. The third kappa shape index (κ3) is 7.09. The fourth-order valence-corrected chi connectivity index (χ4v) is 1.04. The van der Waals surface area contributed by atoms with Crippen LogP contribution in [0.2, 0.25) is 0 Å². The molecule has 0 amide bonds. The molecule has 0 radical (unpaired) electrons. The van der Waals surface area contributed by atoms with E-state index in [-0.39, 0.29) is 18.8 Å². The molecule has 0 heterocycles. The lowest BCUT2D eigenvalue weighted by Crippen LogP contribution is -2.25. The lowest BCUT2D eigenvalue weighted by atomic mass is 10.1. The zero-order valence-electron chi connectivity index (χ0n) is 11.9. The quantitative estimate of drug-likeness (QED) is 0.442. The van der Waals surface area contributed by atoms with E-state index in [1.165, 1.54) is 6.92 Å². The van der Waals surface area contributed by atoms with Crippen LogP contribution in [0.1, 0.15) is 34.6 Å². The van der Waals surface area contributed by atoms with Gasteiger partial charge in [0, 0.05) is 0 Å². The molecule has 0 rings (SSSR count). The standard InChI is InChI=1S/C13H19NO5/c1-6-17-11(15)10(7-14)9(2)8-18-12(16)19-13(3,4)5/h6,8H2,1-5H3/b10-9+. The van der Waals surface area contributed by atoms with Crippen molar-refractivity contribution in [3.63, 3.8) is 0 Å². The highest BCUT2D eigenvalue weighted by Gasteiger charge is 2.19. The van der Waals surface area contributed by atoms with E-state index < -0.39 is 17.7 Å². The molecule has 106 valence electrons. The van der Waals surface area contributed by atoms with E-state index in [4.69, 9.17) is 19.5 Å². The molecule has 0 fully saturated rings. The Kier molecular flexibility index (Phi) is 6.62. The fraction of sp³-hybridized carbons (Fsp3) is 0.615. The maximum absolute atomic E-state index is 11.4. The van der Waals surface area contributed by atoms with Gasteiger partial charge in [-0.1, -0.05) is 0 Å². The second-order valence-corrected chi connectivity index (χ2v) is 4.74. The van der Waals surface area contributed by atoms with Crippen molar-refractivity contribution in [1.29, 1.82) is 5.26 Å². The van der Waals surface area contributed by atoms with Gasteiger partial charge in [0.25, 0.3) is 0 Å². The topological polar surface area (TPSA) is 85.6 Å². The molecule has 19 heavy (non-hydrogen) atoms. The Morgan fingerprint density at radius 3 is 2.21 bits per heavy atom. The first-order chi connectivity index (χ1) is 8.71. The van der Waals surface area contributed by atoms with Gasteiger partial charge < -0.3 is 14.2 Å². The van der Waals surface area contributed by atoms with Crippen LogP contribution in [-0.2, 0) is 19.0 Å². The van der Waals surface area contributed by atoms with Gasteiger partial charge in [0.15, 0.2) is 0 Å². The van der Waals surface area contributed by atoms with Gasteiger partial charge in [0.1, 0.15) is 23.9 Å². The van der Waals surface area contributed by atoms with Gasteiger partial charge >= 0.3 is 12.1 Å². The molecule has 0 aliphatic carbocycles. The van der Waals surface area contributed by atoms with Gasteiger partial charge in [0.05, 0.1) is 6.61 Å². The summed E-state index contributed by atoms with van der Waals surface area (Å²) in [4.78, 5) is 22.7. The molecule has 0 aliphatic rings. The molecular formula is C13H19NO5. The minimum Gasteiger partial charge on any atom is -0.462 e. The summed E-state index contributed by atoms with van der Waals surface area (Å²) < 4.78 is 14.5. The normalized spacial score (nSPS) is 12.0. The van der Waals surface area contributed by atoms with Crippen LogP contribution in [0, 0.1) is 11.3 Å². The first-order valence-electron chi connectivity index (χ1n) is 5.84. The average molecular weight is 269 g/mol. The van der Waals surface area contributed by atoms with Gasteiger partial charge in [0.2, 0.25) is 0 Å². The van der Waals surface area contributed by atoms with Crippen molar-refractivity contribution in [2.45, 2.75) is 40.2 Å². The van der Waals surface area contributed by atoms with Crippen molar-refractivity contribution in [2.75, 3.05) is 13.2 Å². The largest absolute Gasteiger partial charge is 0.509 e. The van der Waals surface area contributed by atoms with Gasteiger partial charge in [-0.05, 0) is 40.2 Å². The van der Waals surface area contributed by atoms with Crippen molar-refractivity contribution in [3.05, 3.63) is 11.1 Å². The minimum atomic E-state index is -0.854. The van der Waals surface area contributed by atoms with Crippen LogP contribution in [0.25, 0.3) is 0 Å². The first-order valence-corrected chi connectivity index (χ1v) is 5.84. The predicted molar refractivity (Wildman–Crippen MR) is 67.1 cm³/mol. The van der Waals surface area contributed by atoms with Gasteiger partial charge in [-0.3, -0.25) is 0 Å². The SMILES string of the molecule is CCOC(=O)/C(C#N)=C(\C)COC(=O)OC(C)(C)C. The number of rotatable bonds is 4. The maximum atomic E-state index is 11.4. The highest BCUT2D eigenvalue weighted by molar-refractivity contribution is 5.93. The Morgan fingerprint density at radius 2 is 1.79 bits per heavy atom. The number of ether oxygens (including phenoxy) is 3. The predicted octanol–water partition coefficient (Wildman–Crippen LogP) is 2.34. The van der Waals surface area contributed by atoms with Crippen LogP contribution < -0.4 is 0 Å². The van der Waals surface area contributed by atoms with E-state index in [0.717, 1.165) is 0 Å². The highest BCUT2D eigenvalue weighted by Crippen LogP contribution is 2.10. The van der Waals surface area contributed by atoms with Crippen LogP contribution in [0.3, 0.4) is 0 Å². The second-order valence-electron chi connectivity index (χ2n) is 4.74. The summed E-state index contributed by atoms with van der Waals surface area (Å²) in [6.07, 6.45) is -0.854. The number of hydrogen-bond acceptors (Lipinski definition) is 6. The van der Waals surface area contributed by atoms with E-state index in [2.05, 4.69) is 0 Å². The van der Waals surface area contributed by atoms with E-state index in [0.29, 0.717) is 5.57 Å². The molecule has 0 aromatic heterocycles. The summed E-state index contributed by atoms with van der Waals surface area (Å²) >= 11 is 0. The molecule has 0 aromatic rings. The number of nitrogens with zero attached hydrogens (tertiary/aromatic N) is 1. The number of nitriles is 1. The van der Waals surface area contributed by atoms with Crippen LogP contribution in [0.15, 0.2) is 11.1 Å². The smallest absolute Gasteiger partial charge is 0.462 e.